The number of aliphatic hydroxyl groups is 20. The van der Waals surface area contributed by atoms with Crippen LogP contribution in [0.2, 0.25) is 0 Å². The summed E-state index contributed by atoms with van der Waals surface area (Å²) in [6.45, 7) is -3.02. The van der Waals surface area contributed by atoms with Crippen LogP contribution in [0.4, 0.5) is 0 Å². The summed E-state index contributed by atoms with van der Waals surface area (Å²) in [6, 6.07) is -1.45. The maximum Gasteiger partial charge on any atom is 0.217 e. The third kappa shape index (κ3) is 12.7. The van der Waals surface area contributed by atoms with Crippen molar-refractivity contribution in [3.63, 3.8) is 0 Å². The van der Waals surface area contributed by atoms with Gasteiger partial charge in [0.15, 0.2) is 37.7 Å². The van der Waals surface area contributed by atoms with Crippen molar-refractivity contribution in [3.05, 3.63) is 0 Å². The molecule has 6 aliphatic heterocycles. The van der Waals surface area contributed by atoms with Gasteiger partial charge in [-0.1, -0.05) is 0 Å². The zero-order valence-corrected chi connectivity index (χ0v) is 38.9. The number of ether oxygens (including phenoxy) is 11. The SMILES string of the molecule is CC(=O)N[C@H]1[C@H](O)[C@@H](O[C@H]2[C@@H](O)[C@@H](CO)O[C@H](O[C@@H]3[C@H](O)[C@@H](O[C@H]4[C@@H](O)[C@H](O)[C@@H]([C@@H](O)CO)O[C@@H]4O)O[C@H]([C@H](CO)O[C@H]4O[C@H](CO)[C@@H](O)[C@H](O)[C@H]4O)[C@H]3O[C@H]3O[C@H](CO)[C@@H](O)[C@H](O)[C@H]3O)[C@@H]2O)O[C@@H](C)[C@@H]1O. The lowest BCUT2D eigenvalue weighted by molar-refractivity contribution is -0.414. The van der Waals surface area contributed by atoms with Crippen molar-refractivity contribution in [1.82, 2.24) is 5.32 Å². The van der Waals surface area contributed by atoms with Gasteiger partial charge in [-0.2, -0.15) is 0 Å². The first kappa shape index (κ1) is 60.5. The van der Waals surface area contributed by atoms with E-state index in [2.05, 4.69) is 5.32 Å². The van der Waals surface area contributed by atoms with E-state index in [1.54, 1.807) is 0 Å². The zero-order chi connectivity index (χ0) is 54.1. The number of rotatable bonds is 18. The minimum atomic E-state index is -2.51. The lowest BCUT2D eigenvalue weighted by Gasteiger charge is -2.52. The van der Waals surface area contributed by atoms with E-state index in [4.69, 9.17) is 52.1 Å². The highest BCUT2D eigenvalue weighted by atomic mass is 16.8. The Hall–Kier alpha value is -1.77. The van der Waals surface area contributed by atoms with Crippen LogP contribution in [0.1, 0.15) is 13.8 Å². The smallest absolute Gasteiger partial charge is 0.217 e. The summed E-state index contributed by atoms with van der Waals surface area (Å²) >= 11 is 0. The van der Waals surface area contributed by atoms with E-state index in [0.29, 0.717) is 0 Å². The average molecular weight is 1080 g/mol. The van der Waals surface area contributed by atoms with Gasteiger partial charge in [-0.15, -0.1) is 0 Å². The second-order valence-corrected chi connectivity index (χ2v) is 18.5. The first-order chi connectivity index (χ1) is 34.4. The molecule has 0 unspecified atom stereocenters. The molecule has 6 heterocycles. The predicted molar refractivity (Wildman–Crippen MR) is 221 cm³/mol. The molecule has 0 aromatic rings. The third-order valence-corrected chi connectivity index (χ3v) is 13.5. The molecule has 0 aromatic carbocycles. The van der Waals surface area contributed by atoms with Crippen LogP contribution < -0.4 is 5.32 Å². The highest BCUT2D eigenvalue weighted by Gasteiger charge is 2.60. The molecule has 426 valence electrons. The predicted octanol–water partition coefficient (Wildman–Crippen LogP) is -14.2. The molecule has 73 heavy (non-hydrogen) atoms. The number of carbonyl (C=O) groups is 1. The number of hydrogen-bond donors (Lipinski definition) is 21. The lowest BCUT2D eigenvalue weighted by atomic mass is 9.92. The number of carbonyl (C=O) groups excluding carboxylic acids is 1. The van der Waals surface area contributed by atoms with Gasteiger partial charge in [0.25, 0.3) is 0 Å². The van der Waals surface area contributed by atoms with Gasteiger partial charge in [0.2, 0.25) is 5.91 Å². The Balaban J connectivity index is 1.42. The quantitative estimate of drug-likeness (QED) is 0.0606. The Morgan fingerprint density at radius 1 is 0.452 bits per heavy atom. The second-order valence-electron chi connectivity index (χ2n) is 18.5. The zero-order valence-electron chi connectivity index (χ0n) is 38.9. The van der Waals surface area contributed by atoms with Gasteiger partial charge in [-0.25, -0.2) is 0 Å². The van der Waals surface area contributed by atoms with Gasteiger partial charge in [-0.3, -0.25) is 4.79 Å². The molecule has 33 nitrogen and oxygen atoms in total. The van der Waals surface area contributed by atoms with E-state index < -0.39 is 235 Å². The molecule has 0 aromatic heterocycles. The van der Waals surface area contributed by atoms with Crippen LogP contribution in [0.5, 0.6) is 0 Å². The number of aliphatic hydroxyl groups excluding tert-OH is 20. The van der Waals surface area contributed by atoms with Crippen molar-refractivity contribution in [2.45, 2.75) is 210 Å². The highest BCUT2D eigenvalue weighted by Crippen LogP contribution is 2.39. The fourth-order valence-electron chi connectivity index (χ4n) is 9.28. The van der Waals surface area contributed by atoms with Crippen molar-refractivity contribution in [1.29, 1.82) is 0 Å². The first-order valence-corrected chi connectivity index (χ1v) is 23.2. The van der Waals surface area contributed by atoms with Crippen LogP contribution in [-0.4, -0.2) is 337 Å². The van der Waals surface area contributed by atoms with Gasteiger partial charge in [0.05, 0.1) is 45.2 Å². The Labute approximate surface area is 413 Å². The van der Waals surface area contributed by atoms with Crippen molar-refractivity contribution < 1.29 is 159 Å². The van der Waals surface area contributed by atoms with Crippen molar-refractivity contribution in [3.8, 4) is 0 Å². The molecule has 0 aliphatic carbocycles. The molecule has 6 aliphatic rings. The molecular formula is C40H69NO32. The van der Waals surface area contributed by atoms with E-state index in [1.807, 2.05) is 0 Å². The van der Waals surface area contributed by atoms with Gasteiger partial charge >= 0.3 is 0 Å². The van der Waals surface area contributed by atoms with Crippen molar-refractivity contribution in [2.75, 3.05) is 33.0 Å². The maximum atomic E-state index is 12.2. The summed E-state index contributed by atoms with van der Waals surface area (Å²) in [5, 5.41) is 218. The highest BCUT2D eigenvalue weighted by molar-refractivity contribution is 5.73. The molecule has 0 saturated carbocycles. The summed E-state index contributed by atoms with van der Waals surface area (Å²) in [6.07, 6.45) is -63.9. The molecule has 32 atom stereocenters. The second kappa shape index (κ2) is 25.8. The lowest BCUT2D eigenvalue weighted by Crippen LogP contribution is -2.70. The normalized spacial score (nSPS) is 50.8. The Morgan fingerprint density at radius 3 is 1.47 bits per heavy atom. The summed E-state index contributed by atoms with van der Waals surface area (Å²) in [4.78, 5) is 12.0. The minimum Gasteiger partial charge on any atom is -0.394 e. The fraction of sp³-hybridized carbons (Fsp3) is 0.975. The molecule has 6 fully saturated rings. The molecule has 6 rings (SSSR count). The van der Waals surface area contributed by atoms with Crippen LogP contribution in [0.15, 0.2) is 0 Å². The van der Waals surface area contributed by atoms with E-state index >= 15 is 0 Å². The van der Waals surface area contributed by atoms with E-state index in [0.717, 1.165) is 6.92 Å². The van der Waals surface area contributed by atoms with Crippen LogP contribution in [0.25, 0.3) is 0 Å². The summed E-state index contributed by atoms with van der Waals surface area (Å²) < 4.78 is 63.2. The third-order valence-electron chi connectivity index (χ3n) is 13.5. The Bertz CT molecular complexity index is 1710. The first-order valence-electron chi connectivity index (χ1n) is 23.2. The number of amides is 1. The monoisotopic (exact) mass is 1080 g/mol. The average Bonchev–Trinajstić information content (AvgIpc) is 3.36. The van der Waals surface area contributed by atoms with Crippen LogP contribution in [0, 0.1) is 0 Å². The molecule has 1 amide bonds. The van der Waals surface area contributed by atoms with Crippen molar-refractivity contribution in [2.24, 2.45) is 0 Å². The van der Waals surface area contributed by atoms with Gasteiger partial charge < -0.3 is 160 Å². The summed E-state index contributed by atoms with van der Waals surface area (Å²) in [7, 11) is 0. The van der Waals surface area contributed by atoms with Gasteiger partial charge in [0.1, 0.15) is 146 Å². The van der Waals surface area contributed by atoms with E-state index in [9.17, 15) is 107 Å². The molecule has 21 N–H and O–H groups in total. The molecule has 0 bridgehead atoms. The van der Waals surface area contributed by atoms with Gasteiger partial charge in [0, 0.05) is 6.92 Å². The topological polar surface area (TPSA) is 535 Å². The molecule has 33 heteroatoms. The van der Waals surface area contributed by atoms with Crippen LogP contribution >= 0.6 is 0 Å². The van der Waals surface area contributed by atoms with Crippen LogP contribution in [0.3, 0.4) is 0 Å². The largest absolute Gasteiger partial charge is 0.394 e. The number of hydrogen-bond acceptors (Lipinski definition) is 32. The summed E-state index contributed by atoms with van der Waals surface area (Å²) in [5.74, 6) is -0.699. The maximum absolute atomic E-state index is 12.2. The molecular weight excluding hydrogens is 1010 g/mol. The van der Waals surface area contributed by atoms with Crippen molar-refractivity contribution >= 4 is 5.91 Å². The Kier molecular flexibility index (Phi) is 21.4. The minimum absolute atomic E-state index is 0.699. The standard InChI is InChI=1S/C40H69NO32/c1-8-16(49)15(41-9(2)47)20(53)36(63-8)70-31-19(52)13(6-45)66-39(27(31)60)71-32-28(61)40(72-33-24(57)23(56)29(10(48)3-42)68-35(33)62)69-30(34(32)73-38-26(59)22(55)18(51)12(5-44)65-38)14(7-46)67-37-25(58)21(54)17(50)11(4-43)64-37/h8,10-40,42-46,48-62H,3-7H2,1-2H3,(H,41,47)/t8-,10-,11+,12+,13+,14-,15+,16-,17+,18+,19-,20-,21-,22-,23-,24-,25+,26+,27+,28-,29+,30+,31-,32+,33-,34+,35-,36+,37+,38+,39+,40+/m0/s1. The fourth-order valence-corrected chi connectivity index (χ4v) is 9.28. The summed E-state index contributed by atoms with van der Waals surface area (Å²) in [5.41, 5.74) is 0. The van der Waals surface area contributed by atoms with E-state index in [1.165, 1.54) is 6.92 Å². The van der Waals surface area contributed by atoms with E-state index in [-0.39, 0.29) is 0 Å². The molecule has 6 saturated heterocycles. The van der Waals surface area contributed by atoms with Crippen LogP contribution in [-0.2, 0) is 56.9 Å². The Morgan fingerprint density at radius 2 is 0.918 bits per heavy atom. The number of nitrogens with one attached hydrogen (secondary N) is 1. The molecule has 0 spiro atoms. The van der Waals surface area contributed by atoms with Gasteiger partial charge in [-0.05, 0) is 6.92 Å². The molecule has 0 radical (unpaired) electrons.